The van der Waals surface area contributed by atoms with Crippen LogP contribution in [0.2, 0.25) is 0 Å². The molecular weight excluding hydrogens is 1400 g/mol. The smallest absolute Gasteiger partial charge is 0.260 e. The van der Waals surface area contributed by atoms with Crippen LogP contribution in [0.1, 0.15) is 65.7 Å². The summed E-state index contributed by atoms with van der Waals surface area (Å²) >= 11 is 0. The van der Waals surface area contributed by atoms with Crippen LogP contribution >= 0.6 is 0 Å². The molecule has 6 saturated heterocycles. The standard InChI is InChI=1S/C30H54N4O20.C28H48O19.C2H6/c31-4-2-1-3-13(7-35)33-34-18(39)12-48-11-17(38)32-5-6-49-29-26(47)27(54-30-25(46)23(44)20(41)15(9-37)52-30)21(42)16(53-29)10-50-28-24(45)22(43)19(40)14(8-36)51-28;1-2-4-12(31)9-41-10-13(32)5-3-6-42-27-24(40)25(47-28-23(39)21(37)18(34)15(8-30)45-28)19(35)16(46-27)11-43-26-22(38)20(36)17(33)14(7-29)44-26;1-2/h7,13-16,19-30,33,36-37,40-47H,1-6,8-12,31H2,(H,32,38)(H,34,39);14-30,33-40H,2-11H2,1H3;1-2H3/t13-,14+,15+,16+,19+,20+,21+,22-,23-,24-,25-,26-,27-,28-,29-,30+;14-,15-,16-,17-,18-,19-,20+,21+,22+,23+,24+,25+,26+,27+,28-;/m01./s1. The van der Waals surface area contributed by atoms with Crippen molar-refractivity contribution in [2.75, 3.05) is 92.4 Å². The van der Waals surface area contributed by atoms with E-state index in [4.69, 9.17) is 72.0 Å². The highest BCUT2D eigenvalue weighted by molar-refractivity contribution is 5.82. The molecule has 6 rings (SSSR count). The highest BCUT2D eigenvalue weighted by atomic mass is 16.8. The molecule has 0 aromatic rings. The number of rotatable bonds is 40. The summed E-state index contributed by atoms with van der Waals surface area (Å²) in [7, 11) is 0. The fourth-order valence-electron chi connectivity index (χ4n) is 10.9. The summed E-state index contributed by atoms with van der Waals surface area (Å²) in [6.45, 7) is -0.220. The van der Waals surface area contributed by atoms with E-state index in [1.165, 1.54) is 0 Å². The molecule has 0 aliphatic carbocycles. The quantitative estimate of drug-likeness (QED) is 0.0154. The summed E-state index contributed by atoms with van der Waals surface area (Å²) in [4.78, 5) is 59.0. The van der Waals surface area contributed by atoms with Gasteiger partial charge in [-0.1, -0.05) is 27.2 Å². The number of ketones is 2. The molecule has 25 N–H and O–H groups in total. The third kappa shape index (κ3) is 27.2. The van der Waals surface area contributed by atoms with E-state index in [1.807, 2.05) is 20.8 Å². The number of unbranched alkanes of at least 4 members (excludes halogenated alkanes) is 1. The van der Waals surface area contributed by atoms with Crippen molar-refractivity contribution in [1.82, 2.24) is 16.2 Å². The number of hydrogen-bond donors (Lipinski definition) is 24. The maximum Gasteiger partial charge on any atom is 0.260 e. The van der Waals surface area contributed by atoms with Crippen LogP contribution in [-0.4, -0.2) is 414 Å². The number of hydrogen-bond acceptors (Lipinski definition) is 41. The lowest BCUT2D eigenvalue weighted by Gasteiger charge is -2.46. The summed E-state index contributed by atoms with van der Waals surface area (Å²) in [6, 6.07) is -0.626. The fourth-order valence-corrected chi connectivity index (χ4v) is 10.9. The van der Waals surface area contributed by atoms with Crippen LogP contribution in [0.5, 0.6) is 0 Å². The molecule has 103 heavy (non-hydrogen) atoms. The van der Waals surface area contributed by atoms with Gasteiger partial charge in [-0.2, -0.15) is 0 Å². The molecule has 43 nitrogen and oxygen atoms in total. The average Bonchev–Trinajstić information content (AvgIpc) is 0.775. The summed E-state index contributed by atoms with van der Waals surface area (Å²) in [5.41, 5.74) is 10.3. The van der Waals surface area contributed by atoms with Crippen LogP contribution in [0.4, 0.5) is 0 Å². The number of amides is 2. The predicted octanol–water partition coefficient (Wildman–Crippen LogP) is -13.9. The summed E-state index contributed by atoms with van der Waals surface area (Å²) < 4.78 is 76.2. The maximum atomic E-state index is 12.2. The first-order valence-corrected chi connectivity index (χ1v) is 33.8. The number of carbonyl (C=O) groups excluding carboxylic acids is 5. The van der Waals surface area contributed by atoms with E-state index < -0.39 is 255 Å². The van der Waals surface area contributed by atoms with Crippen molar-refractivity contribution >= 4 is 29.7 Å². The number of carbonyl (C=O) groups is 5. The average molecular weight is 1510 g/mol. The number of Topliss-reactive ketones (excluding diaryl/α,β-unsaturated/α-hetero) is 2. The highest BCUT2D eigenvalue weighted by Crippen LogP contribution is 2.34. The van der Waals surface area contributed by atoms with Crippen molar-refractivity contribution in [3.63, 3.8) is 0 Å². The Kier molecular flexibility index (Phi) is 42.3. The van der Waals surface area contributed by atoms with Crippen LogP contribution in [0.25, 0.3) is 0 Å². The molecule has 0 saturated carbocycles. The second-order valence-electron chi connectivity index (χ2n) is 24.4. The summed E-state index contributed by atoms with van der Waals surface area (Å²) in [6.07, 6.45) is -46.9. The van der Waals surface area contributed by atoms with Crippen molar-refractivity contribution in [3.8, 4) is 0 Å². The molecule has 0 spiro atoms. The van der Waals surface area contributed by atoms with Crippen LogP contribution in [-0.2, 0) is 90.3 Å². The van der Waals surface area contributed by atoms with E-state index in [-0.39, 0.29) is 57.4 Å². The zero-order valence-corrected chi connectivity index (χ0v) is 57.1. The Labute approximate surface area is 590 Å². The highest BCUT2D eigenvalue weighted by Gasteiger charge is 2.55. The van der Waals surface area contributed by atoms with Crippen molar-refractivity contribution in [2.45, 2.75) is 256 Å². The molecule has 0 aromatic carbocycles. The zero-order chi connectivity index (χ0) is 76.8. The van der Waals surface area contributed by atoms with Gasteiger partial charge in [0.15, 0.2) is 49.3 Å². The minimum atomic E-state index is -1.92. The van der Waals surface area contributed by atoms with Gasteiger partial charge in [0.2, 0.25) is 5.91 Å². The predicted molar refractivity (Wildman–Crippen MR) is 334 cm³/mol. The van der Waals surface area contributed by atoms with Gasteiger partial charge in [0, 0.05) is 19.4 Å². The molecule has 0 unspecified atom stereocenters. The molecule has 0 bridgehead atoms. The minimum Gasteiger partial charge on any atom is -0.394 e. The van der Waals surface area contributed by atoms with Crippen molar-refractivity contribution < 1.29 is 192 Å². The number of nitrogens with one attached hydrogen (secondary N) is 3. The molecule has 0 aromatic heterocycles. The lowest BCUT2D eigenvalue weighted by atomic mass is 9.96. The van der Waals surface area contributed by atoms with Gasteiger partial charge in [-0.3, -0.25) is 24.6 Å². The lowest BCUT2D eigenvalue weighted by molar-refractivity contribution is -0.366. The second kappa shape index (κ2) is 47.4. The van der Waals surface area contributed by atoms with Gasteiger partial charge in [-0.05, 0) is 32.2 Å². The van der Waals surface area contributed by atoms with Gasteiger partial charge in [0.05, 0.1) is 58.9 Å². The Balaban J connectivity index is 0.000000430. The Morgan fingerprint density at radius 3 is 1.20 bits per heavy atom. The zero-order valence-electron chi connectivity index (χ0n) is 57.1. The maximum absolute atomic E-state index is 12.2. The molecule has 43 heteroatoms. The molecule has 6 aliphatic rings. The number of aliphatic hydroxyl groups excluding tert-OH is 20. The van der Waals surface area contributed by atoms with E-state index in [9.17, 15) is 126 Å². The largest absolute Gasteiger partial charge is 0.394 e. The number of aliphatic hydroxyl groups is 20. The topological polar surface area (TPSA) is 681 Å². The van der Waals surface area contributed by atoms with E-state index in [0.29, 0.717) is 44.9 Å². The Morgan fingerprint density at radius 2 is 0.796 bits per heavy atom. The van der Waals surface area contributed by atoms with Crippen molar-refractivity contribution in [3.05, 3.63) is 0 Å². The summed E-state index contributed by atoms with van der Waals surface area (Å²) in [5, 5.41) is 207. The monoisotopic (exact) mass is 1510 g/mol. The number of aldehydes is 1. The molecule has 6 heterocycles. The second-order valence-corrected chi connectivity index (χ2v) is 24.4. The first kappa shape index (κ1) is 91.9. The lowest BCUT2D eigenvalue weighted by Crippen LogP contribution is -2.65. The van der Waals surface area contributed by atoms with Crippen molar-refractivity contribution in [2.24, 2.45) is 5.73 Å². The Bertz CT molecular complexity index is 2400. The van der Waals surface area contributed by atoms with Crippen LogP contribution in [0.15, 0.2) is 0 Å². The van der Waals surface area contributed by atoms with E-state index in [1.54, 1.807) is 0 Å². The molecule has 6 fully saturated rings. The molecule has 2 amide bonds. The minimum absolute atomic E-state index is 0.0120. The molecular formula is C60H108N4O39. The fraction of sp³-hybridized carbons (Fsp3) is 0.917. The third-order valence-electron chi connectivity index (χ3n) is 16.7. The Hall–Kier alpha value is -3.49. The first-order chi connectivity index (χ1) is 49.1. The molecule has 31 atom stereocenters. The number of ether oxygens (including phenoxy) is 14. The van der Waals surface area contributed by atoms with Gasteiger partial charge >= 0.3 is 0 Å². The number of hydrazine groups is 1. The van der Waals surface area contributed by atoms with E-state index in [2.05, 4.69) is 16.2 Å². The third-order valence-corrected chi connectivity index (χ3v) is 16.7. The first-order valence-electron chi connectivity index (χ1n) is 33.8. The van der Waals surface area contributed by atoms with Crippen LogP contribution in [0, 0.1) is 0 Å². The van der Waals surface area contributed by atoms with Gasteiger partial charge in [0.25, 0.3) is 5.91 Å². The van der Waals surface area contributed by atoms with Gasteiger partial charge < -0.3 is 184 Å². The molecule has 0 radical (unpaired) electrons. The van der Waals surface area contributed by atoms with Crippen molar-refractivity contribution in [1.29, 1.82) is 0 Å². The van der Waals surface area contributed by atoms with E-state index >= 15 is 0 Å². The molecule has 602 valence electrons. The van der Waals surface area contributed by atoms with Gasteiger partial charge in [0.1, 0.15) is 179 Å². The van der Waals surface area contributed by atoms with E-state index in [0.717, 1.165) is 0 Å². The molecule has 6 aliphatic heterocycles. The van der Waals surface area contributed by atoms with Gasteiger partial charge in [-0.25, -0.2) is 5.43 Å². The summed E-state index contributed by atoms with van der Waals surface area (Å²) in [5.74, 6) is -1.75. The SMILES string of the molecule is CC.CCCC(=O)COCC(=O)CCCO[C@H]1O[C@H](CO[C@H]2O[C@H](CO)[C@@H](O)[C@H](O)[C@@H]2O)[C@@H](O)[C@H](O[C@H]2O[C@H](CO)[C@@H](O)[C@H](O)[C@@H]2O)[C@@H]1O.NCCCC[C@@H](C=O)NNC(=O)COCC(=O)NCCO[C@H]1O[C@H](CO[C@H]2O[C@H](CO)[C@@H](O)[C@H](O)[C@@H]2O)[C@@H](O)[C@H](O[C@H]2O[C@H](CO)[C@@H](O)[C@H](O)[C@@H]2O)[C@@H]1O. The Morgan fingerprint density at radius 1 is 0.427 bits per heavy atom. The van der Waals surface area contributed by atoms with Crippen LogP contribution < -0.4 is 21.9 Å². The van der Waals surface area contributed by atoms with Crippen LogP contribution in [0.3, 0.4) is 0 Å². The normalized spacial score (nSPS) is 38.6. The number of nitrogens with two attached hydrogens (primary N) is 1. The van der Waals surface area contributed by atoms with Gasteiger partial charge in [-0.15, -0.1) is 0 Å².